The number of amides is 1. The summed E-state index contributed by atoms with van der Waals surface area (Å²) in [5, 5.41) is 3.39. The summed E-state index contributed by atoms with van der Waals surface area (Å²) in [6, 6.07) is 5.61. The van der Waals surface area contributed by atoms with Crippen LogP contribution in [0, 0.1) is 0 Å². The van der Waals surface area contributed by atoms with Crippen LogP contribution in [0.15, 0.2) is 18.2 Å². The van der Waals surface area contributed by atoms with Gasteiger partial charge in [-0.05, 0) is 38.4 Å². The molecule has 2 aliphatic rings. The molecule has 1 fully saturated rings. The van der Waals surface area contributed by atoms with Crippen LogP contribution in [0.25, 0.3) is 0 Å². The first kappa shape index (κ1) is 11.5. The fourth-order valence-electron chi connectivity index (χ4n) is 3.06. The highest BCUT2D eigenvalue weighted by atomic mass is 16.2. The Morgan fingerprint density at radius 3 is 2.94 bits per heavy atom. The van der Waals surface area contributed by atoms with Gasteiger partial charge in [-0.3, -0.25) is 4.79 Å². The number of hydrogen-bond donors (Lipinski definition) is 2. The van der Waals surface area contributed by atoms with Gasteiger partial charge in [-0.2, -0.15) is 0 Å². The molecule has 4 heteroatoms. The molecule has 0 aliphatic carbocycles. The lowest BCUT2D eigenvalue weighted by Crippen LogP contribution is -2.55. The summed E-state index contributed by atoms with van der Waals surface area (Å²) in [6.07, 6.45) is 2.17. The molecule has 3 rings (SSSR count). The van der Waals surface area contributed by atoms with Crippen molar-refractivity contribution in [2.24, 2.45) is 0 Å². The summed E-state index contributed by atoms with van der Waals surface area (Å²) in [7, 11) is 0. The first-order valence-electron chi connectivity index (χ1n) is 6.52. The van der Waals surface area contributed by atoms with Crippen molar-refractivity contribution in [2.45, 2.75) is 31.8 Å². The van der Waals surface area contributed by atoms with E-state index in [4.69, 9.17) is 5.73 Å². The van der Waals surface area contributed by atoms with Crippen LogP contribution in [0.3, 0.4) is 0 Å². The zero-order valence-corrected chi connectivity index (χ0v) is 10.7. The highest BCUT2D eigenvalue weighted by Gasteiger charge is 2.41. The van der Waals surface area contributed by atoms with Gasteiger partial charge in [0.15, 0.2) is 0 Å². The second-order valence-corrected chi connectivity index (χ2v) is 5.54. The summed E-state index contributed by atoms with van der Waals surface area (Å²) < 4.78 is 0. The standard InChI is InChI=1S/C14H19N3O/c1-14(6-3-7-16-9-14)17-8-11-10(13(17)18)4-2-5-12(11)15/h2,4-5,16H,3,6-9,15H2,1H3. The minimum atomic E-state index is -0.0825. The van der Waals surface area contributed by atoms with Gasteiger partial charge < -0.3 is 16.0 Å². The van der Waals surface area contributed by atoms with Crippen molar-refractivity contribution in [3.63, 3.8) is 0 Å². The van der Waals surface area contributed by atoms with Crippen molar-refractivity contribution in [2.75, 3.05) is 18.8 Å². The van der Waals surface area contributed by atoms with Gasteiger partial charge in [-0.1, -0.05) is 6.07 Å². The molecule has 1 aromatic rings. The minimum absolute atomic E-state index is 0.0825. The fourth-order valence-corrected chi connectivity index (χ4v) is 3.06. The number of fused-ring (bicyclic) bond motifs is 1. The van der Waals surface area contributed by atoms with Crippen molar-refractivity contribution >= 4 is 11.6 Å². The number of nitrogens with two attached hydrogens (primary N) is 1. The summed E-state index contributed by atoms with van der Waals surface area (Å²) in [4.78, 5) is 14.5. The third-order valence-electron chi connectivity index (χ3n) is 4.23. The Balaban J connectivity index is 1.94. The molecule has 0 bridgehead atoms. The van der Waals surface area contributed by atoms with Gasteiger partial charge >= 0.3 is 0 Å². The number of nitrogens with one attached hydrogen (secondary N) is 1. The van der Waals surface area contributed by atoms with Crippen molar-refractivity contribution < 1.29 is 4.79 Å². The molecule has 1 unspecified atom stereocenters. The first-order valence-corrected chi connectivity index (χ1v) is 6.52. The SMILES string of the molecule is CC1(N2Cc3c(N)cccc3C2=O)CCCNC1. The monoisotopic (exact) mass is 245 g/mol. The Kier molecular flexibility index (Phi) is 2.55. The van der Waals surface area contributed by atoms with E-state index >= 15 is 0 Å². The van der Waals surface area contributed by atoms with Gasteiger partial charge in [0.1, 0.15) is 0 Å². The van der Waals surface area contributed by atoms with Gasteiger partial charge in [0.2, 0.25) is 0 Å². The number of nitrogen functional groups attached to an aromatic ring is 1. The summed E-state index contributed by atoms with van der Waals surface area (Å²) in [5.41, 5.74) is 8.40. The van der Waals surface area contributed by atoms with E-state index in [0.717, 1.165) is 42.7 Å². The Bertz CT molecular complexity index is 492. The Hall–Kier alpha value is -1.55. The molecule has 0 aromatic heterocycles. The summed E-state index contributed by atoms with van der Waals surface area (Å²) in [6.45, 7) is 4.73. The van der Waals surface area contributed by atoms with E-state index < -0.39 is 0 Å². The number of anilines is 1. The van der Waals surface area contributed by atoms with Crippen LogP contribution < -0.4 is 11.1 Å². The quantitative estimate of drug-likeness (QED) is 0.735. The molecule has 96 valence electrons. The van der Waals surface area contributed by atoms with Crippen LogP contribution in [0.5, 0.6) is 0 Å². The molecule has 1 aromatic carbocycles. The van der Waals surface area contributed by atoms with E-state index in [2.05, 4.69) is 12.2 Å². The average Bonchev–Trinajstić information content (AvgIpc) is 2.70. The predicted molar refractivity (Wildman–Crippen MR) is 71.2 cm³/mol. The van der Waals surface area contributed by atoms with E-state index in [1.165, 1.54) is 0 Å². The molecule has 2 heterocycles. The van der Waals surface area contributed by atoms with Gasteiger partial charge in [-0.15, -0.1) is 0 Å². The summed E-state index contributed by atoms with van der Waals surface area (Å²) >= 11 is 0. The maximum absolute atomic E-state index is 12.5. The molecular weight excluding hydrogens is 226 g/mol. The average molecular weight is 245 g/mol. The lowest BCUT2D eigenvalue weighted by molar-refractivity contribution is 0.0464. The number of nitrogens with zero attached hydrogens (tertiary/aromatic N) is 1. The lowest BCUT2D eigenvalue weighted by atomic mass is 9.90. The second kappa shape index (κ2) is 3.99. The molecule has 4 nitrogen and oxygen atoms in total. The van der Waals surface area contributed by atoms with E-state index in [-0.39, 0.29) is 11.4 Å². The number of benzene rings is 1. The number of rotatable bonds is 1. The Labute approximate surface area is 107 Å². The van der Waals surface area contributed by atoms with Crippen LogP contribution in [-0.2, 0) is 6.54 Å². The zero-order valence-electron chi connectivity index (χ0n) is 10.7. The maximum atomic E-state index is 12.5. The zero-order chi connectivity index (χ0) is 12.8. The lowest BCUT2D eigenvalue weighted by Gasteiger charge is -2.42. The second-order valence-electron chi connectivity index (χ2n) is 5.54. The molecule has 2 aliphatic heterocycles. The van der Waals surface area contributed by atoms with Gasteiger partial charge in [-0.25, -0.2) is 0 Å². The van der Waals surface area contributed by atoms with Gasteiger partial charge in [0.25, 0.3) is 5.91 Å². The molecule has 1 atom stereocenters. The Morgan fingerprint density at radius 2 is 2.28 bits per heavy atom. The van der Waals surface area contributed by atoms with Crippen LogP contribution in [0.1, 0.15) is 35.7 Å². The minimum Gasteiger partial charge on any atom is -0.398 e. The number of carbonyl (C=O) groups excluding carboxylic acids is 1. The molecule has 0 saturated carbocycles. The van der Waals surface area contributed by atoms with Crippen LogP contribution in [0.2, 0.25) is 0 Å². The van der Waals surface area contributed by atoms with Crippen molar-refractivity contribution in [3.8, 4) is 0 Å². The van der Waals surface area contributed by atoms with Crippen LogP contribution >= 0.6 is 0 Å². The molecule has 0 radical (unpaired) electrons. The highest BCUT2D eigenvalue weighted by molar-refractivity contribution is 6.00. The molecule has 1 saturated heterocycles. The Morgan fingerprint density at radius 1 is 1.44 bits per heavy atom. The fraction of sp³-hybridized carbons (Fsp3) is 0.500. The molecular formula is C14H19N3O. The van der Waals surface area contributed by atoms with E-state index in [0.29, 0.717) is 6.54 Å². The number of carbonyl (C=O) groups is 1. The topological polar surface area (TPSA) is 58.4 Å². The molecule has 1 amide bonds. The van der Waals surface area contributed by atoms with Gasteiger partial charge in [0, 0.05) is 29.9 Å². The van der Waals surface area contributed by atoms with E-state index in [9.17, 15) is 4.79 Å². The summed E-state index contributed by atoms with van der Waals surface area (Å²) in [5.74, 6) is 0.128. The molecule has 0 spiro atoms. The molecule has 18 heavy (non-hydrogen) atoms. The van der Waals surface area contributed by atoms with E-state index in [1.807, 2.05) is 23.1 Å². The van der Waals surface area contributed by atoms with Crippen molar-refractivity contribution in [1.82, 2.24) is 10.2 Å². The predicted octanol–water partition coefficient (Wildman–Crippen LogP) is 1.37. The highest BCUT2D eigenvalue weighted by Crippen LogP contribution is 2.35. The smallest absolute Gasteiger partial charge is 0.255 e. The first-order chi connectivity index (χ1) is 8.62. The van der Waals surface area contributed by atoms with Gasteiger partial charge in [0.05, 0.1) is 5.54 Å². The largest absolute Gasteiger partial charge is 0.398 e. The van der Waals surface area contributed by atoms with Crippen LogP contribution in [0.4, 0.5) is 5.69 Å². The van der Waals surface area contributed by atoms with Crippen molar-refractivity contribution in [3.05, 3.63) is 29.3 Å². The molecule has 3 N–H and O–H groups in total. The van der Waals surface area contributed by atoms with E-state index in [1.54, 1.807) is 0 Å². The van der Waals surface area contributed by atoms with Crippen molar-refractivity contribution in [1.29, 1.82) is 0 Å². The maximum Gasteiger partial charge on any atom is 0.255 e. The number of hydrogen-bond acceptors (Lipinski definition) is 3. The third kappa shape index (κ3) is 1.60. The normalized spacial score (nSPS) is 27.4. The third-order valence-corrected chi connectivity index (χ3v) is 4.23. The number of piperidine rings is 1. The van der Waals surface area contributed by atoms with Crippen LogP contribution in [-0.4, -0.2) is 29.4 Å².